The van der Waals surface area contributed by atoms with Crippen LogP contribution in [0.25, 0.3) is 11.4 Å². The number of nitrogens with zero attached hydrogens (tertiary/aromatic N) is 4. The van der Waals surface area contributed by atoms with Gasteiger partial charge in [-0.15, -0.1) is 10.2 Å². The number of benzene rings is 2. The summed E-state index contributed by atoms with van der Waals surface area (Å²) in [7, 11) is 1.94. The van der Waals surface area contributed by atoms with Gasteiger partial charge in [0.1, 0.15) is 13.2 Å². The first kappa shape index (κ1) is 20.9. The summed E-state index contributed by atoms with van der Waals surface area (Å²) in [5.74, 6) is 2.80. The summed E-state index contributed by atoms with van der Waals surface area (Å²) in [6.45, 7) is 3.96. The van der Waals surface area contributed by atoms with Gasteiger partial charge in [0, 0.05) is 19.2 Å². The summed E-state index contributed by atoms with van der Waals surface area (Å²) in [6.07, 6.45) is 1.95. The lowest BCUT2D eigenvalue weighted by atomic mass is 10.0. The van der Waals surface area contributed by atoms with E-state index < -0.39 is 0 Å². The van der Waals surface area contributed by atoms with Gasteiger partial charge in [-0.25, -0.2) is 0 Å². The maximum atomic E-state index is 13.1. The molecule has 0 unspecified atom stereocenters. The number of carbonyl (C=O) groups is 1. The van der Waals surface area contributed by atoms with Gasteiger partial charge in [-0.2, -0.15) is 0 Å². The second-order valence-electron chi connectivity index (χ2n) is 8.17. The molecule has 1 saturated heterocycles. The molecule has 0 N–H and O–H groups in total. The minimum atomic E-state index is 0.0709. The second-order valence-corrected chi connectivity index (χ2v) is 9.11. The number of carbonyl (C=O) groups excluding carboxylic acids is 1. The molecule has 3 heterocycles. The maximum absolute atomic E-state index is 13.1. The van der Waals surface area contributed by atoms with Gasteiger partial charge >= 0.3 is 0 Å². The molecule has 5 rings (SSSR count). The third-order valence-corrected chi connectivity index (χ3v) is 7.00. The normalized spacial score (nSPS) is 17.6. The third kappa shape index (κ3) is 4.07. The Bertz CT molecular complexity index is 1130. The molecule has 1 amide bonds. The molecule has 1 aromatic heterocycles. The van der Waals surface area contributed by atoms with E-state index in [-0.39, 0.29) is 11.9 Å². The number of hydrogen-bond acceptors (Lipinski definition) is 6. The molecule has 2 aliphatic heterocycles. The van der Waals surface area contributed by atoms with Gasteiger partial charge in [0.2, 0.25) is 5.91 Å². The van der Waals surface area contributed by atoms with Crippen molar-refractivity contribution in [1.82, 2.24) is 19.7 Å². The summed E-state index contributed by atoms with van der Waals surface area (Å²) >= 11 is 1.43. The molecular weight excluding hydrogens is 424 g/mol. The summed E-state index contributed by atoms with van der Waals surface area (Å²) in [4.78, 5) is 15.1. The molecular formula is C24H26N4O3S. The molecule has 32 heavy (non-hydrogen) atoms. The average molecular weight is 451 g/mol. The maximum Gasteiger partial charge on any atom is 0.233 e. The zero-order valence-corrected chi connectivity index (χ0v) is 19.1. The van der Waals surface area contributed by atoms with Gasteiger partial charge in [-0.1, -0.05) is 47.7 Å². The summed E-state index contributed by atoms with van der Waals surface area (Å²) in [6, 6.07) is 14.3. The molecule has 0 spiro atoms. The van der Waals surface area contributed by atoms with Crippen LogP contribution in [0.3, 0.4) is 0 Å². The summed E-state index contributed by atoms with van der Waals surface area (Å²) in [5.41, 5.74) is 3.32. The Kier molecular flexibility index (Phi) is 5.78. The van der Waals surface area contributed by atoms with E-state index in [0.717, 1.165) is 53.0 Å². The number of likely N-dealkylation sites (tertiary alicyclic amines) is 1. The Balaban J connectivity index is 1.26. The molecule has 2 aromatic carbocycles. The topological polar surface area (TPSA) is 69.5 Å². The van der Waals surface area contributed by atoms with Crippen LogP contribution in [0.2, 0.25) is 0 Å². The van der Waals surface area contributed by atoms with Gasteiger partial charge in [-0.05, 0) is 37.5 Å². The fourth-order valence-corrected chi connectivity index (χ4v) is 5.08. The lowest BCUT2D eigenvalue weighted by Crippen LogP contribution is -2.32. The summed E-state index contributed by atoms with van der Waals surface area (Å²) < 4.78 is 13.3. The highest BCUT2D eigenvalue weighted by Crippen LogP contribution is 2.38. The van der Waals surface area contributed by atoms with Crippen LogP contribution in [0.5, 0.6) is 11.5 Å². The molecule has 7 nitrogen and oxygen atoms in total. The quantitative estimate of drug-likeness (QED) is 0.547. The van der Waals surface area contributed by atoms with Gasteiger partial charge in [-0.3, -0.25) is 4.79 Å². The van der Waals surface area contributed by atoms with Gasteiger partial charge in [0.15, 0.2) is 22.5 Å². The van der Waals surface area contributed by atoms with Crippen LogP contribution in [-0.4, -0.2) is 51.1 Å². The molecule has 0 radical (unpaired) electrons. The van der Waals surface area contributed by atoms with E-state index in [1.807, 2.05) is 46.8 Å². The molecule has 0 bridgehead atoms. The number of hydrogen-bond donors (Lipinski definition) is 0. The first-order valence-electron chi connectivity index (χ1n) is 10.9. The number of thioether (sulfide) groups is 1. The Morgan fingerprint density at radius 2 is 1.88 bits per heavy atom. The molecule has 166 valence electrons. The zero-order valence-electron chi connectivity index (χ0n) is 18.3. The fourth-order valence-electron chi connectivity index (χ4n) is 4.28. The van der Waals surface area contributed by atoms with E-state index in [4.69, 9.17) is 9.47 Å². The van der Waals surface area contributed by atoms with Crippen LogP contribution in [0.4, 0.5) is 0 Å². The van der Waals surface area contributed by atoms with E-state index >= 15 is 0 Å². The van der Waals surface area contributed by atoms with Gasteiger partial charge < -0.3 is 18.9 Å². The predicted molar refractivity (Wildman–Crippen MR) is 123 cm³/mol. The standard InChI is InChI=1S/C24H26N4O3S/c1-16-5-7-17(8-6-16)23-25-26-24(27(23)2)32-15-22(29)28-11-3-4-19(28)18-9-10-20-21(14-18)31-13-12-30-20/h5-10,14,19H,3-4,11-13,15H2,1-2H3/t19-/m0/s1. The fraction of sp³-hybridized carbons (Fsp3) is 0.375. The monoisotopic (exact) mass is 450 g/mol. The predicted octanol–water partition coefficient (Wildman–Crippen LogP) is 4.02. The Hall–Kier alpha value is -3.00. The molecule has 3 aromatic rings. The smallest absolute Gasteiger partial charge is 0.233 e. The Morgan fingerprint density at radius 3 is 2.69 bits per heavy atom. The van der Waals surface area contributed by atoms with Crippen LogP contribution in [0.15, 0.2) is 47.6 Å². The number of amides is 1. The van der Waals surface area contributed by atoms with Crippen molar-refractivity contribution in [3.63, 3.8) is 0 Å². The van der Waals surface area contributed by atoms with E-state index in [1.165, 1.54) is 17.3 Å². The molecule has 0 aliphatic carbocycles. The lowest BCUT2D eigenvalue weighted by Gasteiger charge is -2.26. The van der Waals surface area contributed by atoms with Crippen molar-refractivity contribution in [2.24, 2.45) is 7.05 Å². The van der Waals surface area contributed by atoms with E-state index in [9.17, 15) is 4.79 Å². The van der Waals surface area contributed by atoms with Crippen LogP contribution in [-0.2, 0) is 11.8 Å². The third-order valence-electron chi connectivity index (χ3n) is 5.99. The lowest BCUT2D eigenvalue weighted by molar-refractivity contribution is -0.129. The molecule has 8 heteroatoms. The largest absolute Gasteiger partial charge is 0.486 e. The van der Waals surface area contributed by atoms with Crippen molar-refractivity contribution in [2.45, 2.75) is 31.0 Å². The van der Waals surface area contributed by atoms with Gasteiger partial charge in [0.05, 0.1) is 11.8 Å². The highest BCUT2D eigenvalue weighted by atomic mass is 32.2. The SMILES string of the molecule is Cc1ccc(-c2nnc(SCC(=O)N3CCC[C@H]3c3ccc4c(c3)OCCO4)n2C)cc1. The molecule has 1 fully saturated rings. The number of rotatable bonds is 5. The number of aryl methyl sites for hydroxylation is 1. The van der Waals surface area contributed by atoms with Crippen LogP contribution in [0.1, 0.15) is 30.0 Å². The van der Waals surface area contributed by atoms with E-state index in [2.05, 4.69) is 29.3 Å². The molecule has 0 saturated carbocycles. The first-order valence-corrected chi connectivity index (χ1v) is 11.9. The van der Waals surface area contributed by atoms with Crippen molar-refractivity contribution in [1.29, 1.82) is 0 Å². The average Bonchev–Trinajstić information content (AvgIpc) is 3.45. The molecule has 2 aliphatic rings. The minimum Gasteiger partial charge on any atom is -0.486 e. The second kappa shape index (κ2) is 8.86. The van der Waals surface area contributed by atoms with Crippen LogP contribution in [0, 0.1) is 6.92 Å². The van der Waals surface area contributed by atoms with Crippen molar-refractivity contribution in [3.05, 3.63) is 53.6 Å². The highest BCUT2D eigenvalue weighted by molar-refractivity contribution is 7.99. The van der Waals surface area contributed by atoms with Crippen LogP contribution < -0.4 is 9.47 Å². The van der Waals surface area contributed by atoms with Crippen molar-refractivity contribution in [3.8, 4) is 22.9 Å². The van der Waals surface area contributed by atoms with E-state index in [0.29, 0.717) is 19.0 Å². The number of ether oxygens (including phenoxy) is 2. The van der Waals surface area contributed by atoms with Crippen molar-refractivity contribution >= 4 is 17.7 Å². The Labute approximate surface area is 191 Å². The van der Waals surface area contributed by atoms with Crippen molar-refractivity contribution in [2.75, 3.05) is 25.5 Å². The highest BCUT2D eigenvalue weighted by Gasteiger charge is 2.31. The minimum absolute atomic E-state index is 0.0709. The molecule has 1 atom stereocenters. The van der Waals surface area contributed by atoms with Crippen molar-refractivity contribution < 1.29 is 14.3 Å². The number of fused-ring (bicyclic) bond motifs is 1. The summed E-state index contributed by atoms with van der Waals surface area (Å²) in [5, 5.41) is 9.39. The first-order chi connectivity index (χ1) is 15.6. The van der Waals surface area contributed by atoms with E-state index in [1.54, 1.807) is 0 Å². The zero-order chi connectivity index (χ0) is 22.1. The van der Waals surface area contributed by atoms with Gasteiger partial charge in [0.25, 0.3) is 0 Å². The number of aromatic nitrogens is 3. The Morgan fingerprint density at radius 1 is 1.09 bits per heavy atom. The van der Waals surface area contributed by atoms with Crippen LogP contribution >= 0.6 is 11.8 Å².